The highest BCUT2D eigenvalue weighted by molar-refractivity contribution is 5.46. The van der Waals surface area contributed by atoms with Gasteiger partial charge in [0.15, 0.2) is 0 Å². The van der Waals surface area contributed by atoms with E-state index in [2.05, 4.69) is 33.6 Å². The van der Waals surface area contributed by atoms with E-state index >= 15 is 0 Å². The van der Waals surface area contributed by atoms with E-state index in [1.807, 2.05) is 12.1 Å². The van der Waals surface area contributed by atoms with Crippen LogP contribution in [0.3, 0.4) is 0 Å². The smallest absolute Gasteiger partial charge is 0.0346 e. The molecule has 0 saturated carbocycles. The first-order chi connectivity index (χ1) is 9.86. The average molecular weight is 277 g/mol. The van der Waals surface area contributed by atoms with Crippen LogP contribution in [-0.2, 0) is 6.42 Å². The van der Waals surface area contributed by atoms with Gasteiger partial charge in [-0.25, -0.2) is 0 Å². The average Bonchev–Trinajstić information content (AvgIpc) is 2.44. The normalized spacial score (nSPS) is 22.7. The molecule has 0 radical (unpaired) electrons. The van der Waals surface area contributed by atoms with Crippen LogP contribution in [-0.4, -0.2) is 39.3 Å². The van der Waals surface area contributed by atoms with Crippen LogP contribution in [0, 0.1) is 5.92 Å². The van der Waals surface area contributed by atoms with Crippen molar-refractivity contribution in [3.63, 3.8) is 0 Å². The molecule has 1 aromatic rings. The quantitative estimate of drug-likeness (QED) is 0.496. The summed E-state index contributed by atoms with van der Waals surface area (Å²) in [5.74, 6) is 0.534. The molecule has 1 atom stereocenters. The van der Waals surface area contributed by atoms with Crippen molar-refractivity contribution in [2.24, 2.45) is 5.92 Å². The number of hydrogen-bond donors (Lipinski definition) is 5. The van der Waals surface area contributed by atoms with E-state index in [1.165, 1.54) is 5.56 Å². The number of rotatable bonds is 2. The summed E-state index contributed by atoms with van der Waals surface area (Å²) in [6.45, 7) is 6.09. The zero-order valence-electron chi connectivity index (χ0n) is 12.1. The summed E-state index contributed by atoms with van der Waals surface area (Å²) in [6, 6.07) is 8.15. The Balaban J connectivity index is 1.87. The fourth-order valence-electron chi connectivity index (χ4n) is 2.46. The lowest BCUT2D eigenvalue weighted by atomic mass is 9.98. The van der Waals surface area contributed by atoms with Gasteiger partial charge in [0, 0.05) is 31.9 Å². The van der Waals surface area contributed by atoms with Gasteiger partial charge in [0.25, 0.3) is 0 Å². The lowest BCUT2D eigenvalue weighted by Gasteiger charge is -2.21. The Kier molecular flexibility index (Phi) is 6.80. The fraction of sp³-hybridized carbons (Fsp3) is 0.600. The van der Waals surface area contributed by atoms with Crippen molar-refractivity contribution in [2.75, 3.05) is 45.0 Å². The molecule has 1 saturated heterocycles. The Morgan fingerprint density at radius 1 is 0.950 bits per heavy atom. The fourth-order valence-corrected chi connectivity index (χ4v) is 2.46. The van der Waals surface area contributed by atoms with Crippen molar-refractivity contribution in [3.8, 4) is 0 Å². The Morgan fingerprint density at radius 3 is 2.70 bits per heavy atom. The molecular weight excluding hydrogens is 250 g/mol. The number of hydrazine groups is 1. The number of nitrogens with two attached hydrogens (primary N) is 1. The predicted octanol–water partition coefficient (Wildman–Crippen LogP) is 0.105. The van der Waals surface area contributed by atoms with Crippen LogP contribution >= 0.6 is 0 Å². The number of benzene rings is 1. The van der Waals surface area contributed by atoms with Gasteiger partial charge in [-0.15, -0.1) is 0 Å². The van der Waals surface area contributed by atoms with Crippen molar-refractivity contribution in [2.45, 2.75) is 12.8 Å². The second-order valence-electron chi connectivity index (χ2n) is 5.38. The van der Waals surface area contributed by atoms with E-state index in [0.29, 0.717) is 5.92 Å². The van der Waals surface area contributed by atoms with Gasteiger partial charge in [0.05, 0.1) is 0 Å². The number of nitrogen functional groups attached to an aromatic ring is 1. The van der Waals surface area contributed by atoms with Gasteiger partial charge in [-0.05, 0) is 43.5 Å². The molecule has 0 aliphatic carbocycles. The van der Waals surface area contributed by atoms with Gasteiger partial charge >= 0.3 is 0 Å². The van der Waals surface area contributed by atoms with Crippen molar-refractivity contribution in [1.29, 1.82) is 0 Å². The molecule has 0 spiro atoms. The number of para-hydroxylation sites is 1. The minimum absolute atomic E-state index is 0.534. The molecule has 1 aliphatic heterocycles. The van der Waals surface area contributed by atoms with E-state index in [1.54, 1.807) is 0 Å². The first-order valence-corrected chi connectivity index (χ1v) is 7.57. The van der Waals surface area contributed by atoms with Crippen LogP contribution in [0.5, 0.6) is 0 Å². The second-order valence-corrected chi connectivity index (χ2v) is 5.38. The summed E-state index contributed by atoms with van der Waals surface area (Å²) in [5.41, 5.74) is 14.8. The van der Waals surface area contributed by atoms with Gasteiger partial charge in [-0.3, -0.25) is 10.9 Å². The Labute approximate surface area is 121 Å². The first kappa shape index (κ1) is 15.3. The Bertz CT molecular complexity index is 370. The molecule has 1 heterocycles. The van der Waals surface area contributed by atoms with Gasteiger partial charge < -0.3 is 16.4 Å². The topological polar surface area (TPSA) is 74.1 Å². The van der Waals surface area contributed by atoms with Crippen LogP contribution in [0.25, 0.3) is 0 Å². The van der Waals surface area contributed by atoms with Crippen LogP contribution in [0.1, 0.15) is 12.0 Å². The van der Waals surface area contributed by atoms with Crippen molar-refractivity contribution < 1.29 is 0 Å². The molecule has 5 heteroatoms. The standard InChI is InChI=1S/C15H27N5/c16-15-5-2-1-4-14(15)10-13-11-18-9-8-17-6-3-7-19-20-12-13/h1-2,4-5,13,17-20H,3,6-12,16H2. The monoisotopic (exact) mass is 277 g/mol. The summed E-state index contributed by atoms with van der Waals surface area (Å²) in [6.07, 6.45) is 2.14. The molecule has 1 aliphatic rings. The van der Waals surface area contributed by atoms with Crippen LogP contribution in [0.15, 0.2) is 24.3 Å². The van der Waals surface area contributed by atoms with Crippen molar-refractivity contribution >= 4 is 5.69 Å². The lowest BCUT2D eigenvalue weighted by Crippen LogP contribution is -2.42. The maximum Gasteiger partial charge on any atom is 0.0346 e. The Morgan fingerprint density at radius 2 is 1.80 bits per heavy atom. The lowest BCUT2D eigenvalue weighted by molar-refractivity contribution is 0.392. The van der Waals surface area contributed by atoms with Gasteiger partial charge in [-0.1, -0.05) is 18.2 Å². The minimum atomic E-state index is 0.534. The van der Waals surface area contributed by atoms with Crippen molar-refractivity contribution in [1.82, 2.24) is 21.5 Å². The number of anilines is 1. The highest BCUT2D eigenvalue weighted by atomic mass is 15.3. The molecule has 20 heavy (non-hydrogen) atoms. The summed E-state index contributed by atoms with van der Waals surface area (Å²) >= 11 is 0. The SMILES string of the molecule is Nc1ccccc1CC1CNCCNCCCNNC1. The van der Waals surface area contributed by atoms with Crippen LogP contribution in [0.4, 0.5) is 5.69 Å². The maximum atomic E-state index is 6.04. The first-order valence-electron chi connectivity index (χ1n) is 7.57. The van der Waals surface area contributed by atoms with Crippen LogP contribution in [0.2, 0.25) is 0 Å². The van der Waals surface area contributed by atoms with E-state index < -0.39 is 0 Å². The third-order valence-electron chi connectivity index (χ3n) is 3.65. The van der Waals surface area contributed by atoms with E-state index in [0.717, 1.165) is 57.8 Å². The van der Waals surface area contributed by atoms with Gasteiger partial charge in [-0.2, -0.15) is 0 Å². The summed E-state index contributed by atoms with van der Waals surface area (Å²) in [5, 5.41) is 6.95. The third kappa shape index (κ3) is 5.46. The maximum absolute atomic E-state index is 6.04. The minimum Gasteiger partial charge on any atom is -0.399 e. The third-order valence-corrected chi connectivity index (χ3v) is 3.65. The number of hydrogen-bond acceptors (Lipinski definition) is 5. The second kappa shape index (κ2) is 8.92. The van der Waals surface area contributed by atoms with Gasteiger partial charge in [0.2, 0.25) is 0 Å². The predicted molar refractivity (Wildman–Crippen MR) is 84.4 cm³/mol. The molecule has 0 amide bonds. The van der Waals surface area contributed by atoms with Gasteiger partial charge in [0.1, 0.15) is 0 Å². The molecule has 1 aromatic carbocycles. The molecule has 5 nitrogen and oxygen atoms in total. The molecule has 1 fully saturated rings. The highest BCUT2D eigenvalue weighted by Crippen LogP contribution is 2.15. The van der Waals surface area contributed by atoms with Crippen LogP contribution < -0.4 is 27.2 Å². The molecule has 2 rings (SSSR count). The zero-order chi connectivity index (χ0) is 14.0. The molecule has 1 unspecified atom stereocenters. The molecular formula is C15H27N5. The molecule has 112 valence electrons. The number of nitrogens with one attached hydrogen (secondary N) is 4. The highest BCUT2D eigenvalue weighted by Gasteiger charge is 2.11. The van der Waals surface area contributed by atoms with E-state index in [9.17, 15) is 0 Å². The molecule has 0 bridgehead atoms. The molecule has 0 aromatic heterocycles. The Hall–Kier alpha value is -1.14. The van der Waals surface area contributed by atoms with Crippen molar-refractivity contribution in [3.05, 3.63) is 29.8 Å². The van der Waals surface area contributed by atoms with E-state index in [4.69, 9.17) is 5.73 Å². The largest absolute Gasteiger partial charge is 0.399 e. The van der Waals surface area contributed by atoms with E-state index in [-0.39, 0.29) is 0 Å². The zero-order valence-corrected chi connectivity index (χ0v) is 12.1. The molecule has 6 N–H and O–H groups in total. The summed E-state index contributed by atoms with van der Waals surface area (Å²) in [7, 11) is 0. The summed E-state index contributed by atoms with van der Waals surface area (Å²) in [4.78, 5) is 0. The summed E-state index contributed by atoms with van der Waals surface area (Å²) < 4.78 is 0.